The van der Waals surface area contributed by atoms with Crippen LogP contribution in [0.2, 0.25) is 0 Å². The molecule has 3 heterocycles. The summed E-state index contributed by atoms with van der Waals surface area (Å²) < 4.78 is 34.7. The van der Waals surface area contributed by atoms with E-state index in [1.54, 1.807) is 13.8 Å². The smallest absolute Gasteiger partial charge is 0.263 e. The van der Waals surface area contributed by atoms with Gasteiger partial charge in [0.1, 0.15) is 17.6 Å². The van der Waals surface area contributed by atoms with Crippen LogP contribution in [-0.4, -0.2) is 52.2 Å². The van der Waals surface area contributed by atoms with E-state index in [4.69, 9.17) is 4.74 Å². The van der Waals surface area contributed by atoms with Crippen molar-refractivity contribution < 1.29 is 18.3 Å². The van der Waals surface area contributed by atoms with Crippen LogP contribution >= 0.6 is 0 Å². The third kappa shape index (κ3) is 4.67. The predicted molar refractivity (Wildman–Crippen MR) is 115 cm³/mol. The Labute approximate surface area is 181 Å². The number of rotatable bonds is 5. The predicted octanol–water partition coefficient (Wildman–Crippen LogP) is 4.20. The number of benzene rings is 1. The van der Waals surface area contributed by atoms with Crippen LogP contribution in [0.4, 0.5) is 14.6 Å². The fraction of sp³-hybridized carbons (Fsp3) is 0.565. The molecule has 4 atom stereocenters. The van der Waals surface area contributed by atoms with E-state index in [1.807, 2.05) is 42.2 Å². The van der Waals surface area contributed by atoms with Gasteiger partial charge in [0.25, 0.3) is 12.3 Å². The average Bonchev–Trinajstić information content (AvgIpc) is 3.14. The molecule has 1 amide bonds. The normalized spacial score (nSPS) is 24.5. The van der Waals surface area contributed by atoms with Gasteiger partial charge in [0.05, 0.1) is 5.69 Å². The minimum absolute atomic E-state index is 0.0626. The third-order valence-electron chi connectivity index (χ3n) is 6.31. The number of halogens is 2. The molecule has 31 heavy (non-hydrogen) atoms. The number of aromatic nitrogens is 2. The average molecular weight is 433 g/mol. The number of amides is 1. The van der Waals surface area contributed by atoms with Crippen LogP contribution in [0, 0.1) is 19.8 Å². The summed E-state index contributed by atoms with van der Waals surface area (Å²) in [5.41, 5.74) is 1.85. The number of aryl methyl sites for hydroxylation is 2. The van der Waals surface area contributed by atoms with Crippen molar-refractivity contribution in [1.29, 1.82) is 0 Å². The number of ether oxygens (including phenoxy) is 1. The Bertz CT molecular complexity index is 915. The zero-order chi connectivity index (χ0) is 22.1. The SMILES string of the molecule is Cc1ccc(O[C@@H](C)C(=O)N2CCC[C@H]([C@@H]3C[C@H](C(F)F)n4nc(C)cc4N3)C2)cc1. The fourth-order valence-electron chi connectivity index (χ4n) is 4.67. The van der Waals surface area contributed by atoms with Crippen molar-refractivity contribution in [3.8, 4) is 5.75 Å². The van der Waals surface area contributed by atoms with Gasteiger partial charge in [0.15, 0.2) is 6.10 Å². The largest absolute Gasteiger partial charge is 0.481 e. The number of carbonyl (C=O) groups excluding carboxylic acids is 1. The van der Waals surface area contributed by atoms with Gasteiger partial charge in [-0.25, -0.2) is 13.5 Å². The summed E-state index contributed by atoms with van der Waals surface area (Å²) >= 11 is 0. The van der Waals surface area contributed by atoms with Crippen molar-refractivity contribution in [2.45, 2.75) is 64.6 Å². The van der Waals surface area contributed by atoms with Gasteiger partial charge >= 0.3 is 0 Å². The Morgan fingerprint density at radius 2 is 2.00 bits per heavy atom. The second-order valence-corrected chi connectivity index (χ2v) is 8.76. The van der Waals surface area contributed by atoms with E-state index in [-0.39, 0.29) is 17.9 Å². The molecule has 0 saturated carbocycles. The minimum atomic E-state index is -2.48. The number of piperidine rings is 1. The van der Waals surface area contributed by atoms with Crippen molar-refractivity contribution in [3.05, 3.63) is 41.6 Å². The Morgan fingerprint density at radius 1 is 1.26 bits per heavy atom. The first-order valence-electron chi connectivity index (χ1n) is 10.9. The highest BCUT2D eigenvalue weighted by atomic mass is 19.3. The van der Waals surface area contributed by atoms with E-state index >= 15 is 0 Å². The van der Waals surface area contributed by atoms with Crippen molar-refractivity contribution in [2.24, 2.45) is 5.92 Å². The second kappa shape index (κ2) is 8.85. The highest BCUT2D eigenvalue weighted by Crippen LogP contribution is 2.36. The monoisotopic (exact) mass is 432 g/mol. The quantitative estimate of drug-likeness (QED) is 0.770. The molecule has 6 nitrogen and oxygen atoms in total. The third-order valence-corrected chi connectivity index (χ3v) is 6.31. The van der Waals surface area contributed by atoms with Gasteiger partial charge in [0.2, 0.25) is 0 Å². The van der Waals surface area contributed by atoms with Gasteiger partial charge in [-0.05, 0) is 58.1 Å². The summed E-state index contributed by atoms with van der Waals surface area (Å²) in [6.45, 7) is 6.78. The zero-order valence-corrected chi connectivity index (χ0v) is 18.2. The number of alkyl halides is 2. The highest BCUT2D eigenvalue weighted by molar-refractivity contribution is 5.81. The number of anilines is 1. The Balaban J connectivity index is 1.42. The van der Waals surface area contributed by atoms with E-state index in [2.05, 4.69) is 10.4 Å². The number of nitrogens with one attached hydrogen (secondary N) is 1. The van der Waals surface area contributed by atoms with E-state index in [0.717, 1.165) is 24.1 Å². The topological polar surface area (TPSA) is 59.4 Å². The van der Waals surface area contributed by atoms with Gasteiger partial charge < -0.3 is 15.0 Å². The van der Waals surface area contributed by atoms with Crippen LogP contribution in [0.5, 0.6) is 5.75 Å². The highest BCUT2D eigenvalue weighted by Gasteiger charge is 2.39. The summed E-state index contributed by atoms with van der Waals surface area (Å²) in [6, 6.07) is 8.37. The Kier molecular flexibility index (Phi) is 6.16. The molecule has 0 unspecified atom stereocenters. The van der Waals surface area contributed by atoms with Gasteiger partial charge in [-0.15, -0.1) is 0 Å². The van der Waals surface area contributed by atoms with Gasteiger partial charge in [-0.3, -0.25) is 4.79 Å². The fourth-order valence-corrected chi connectivity index (χ4v) is 4.67. The van der Waals surface area contributed by atoms with Crippen molar-refractivity contribution in [3.63, 3.8) is 0 Å². The maximum absolute atomic E-state index is 13.7. The number of hydrogen-bond acceptors (Lipinski definition) is 4. The van der Waals surface area contributed by atoms with Crippen molar-refractivity contribution >= 4 is 11.7 Å². The number of fused-ring (bicyclic) bond motifs is 1. The molecule has 0 bridgehead atoms. The molecule has 168 valence electrons. The van der Waals surface area contributed by atoms with Crippen LogP contribution in [0.3, 0.4) is 0 Å². The maximum Gasteiger partial charge on any atom is 0.263 e. The first kappa shape index (κ1) is 21.6. The molecular weight excluding hydrogens is 402 g/mol. The molecule has 1 aromatic heterocycles. The molecule has 8 heteroatoms. The number of nitrogens with zero attached hydrogens (tertiary/aromatic N) is 3. The standard InChI is InChI=1S/C23H30F2N4O2/c1-14-6-8-18(9-7-14)31-16(3)23(30)28-10-4-5-17(13-28)19-12-20(22(24)25)29-21(26-19)11-15(2)27-29/h6-9,11,16-17,19-20,22,26H,4-5,10,12-13H2,1-3H3/t16-,17-,19-,20+/m0/s1. The first-order valence-corrected chi connectivity index (χ1v) is 10.9. The molecular formula is C23H30F2N4O2. The lowest BCUT2D eigenvalue weighted by Crippen LogP contribution is -2.50. The number of likely N-dealkylation sites (tertiary alicyclic amines) is 1. The van der Waals surface area contributed by atoms with E-state index in [1.165, 1.54) is 4.68 Å². The molecule has 1 fully saturated rings. The maximum atomic E-state index is 13.7. The second-order valence-electron chi connectivity index (χ2n) is 8.76. The molecule has 1 N–H and O–H groups in total. The number of carbonyl (C=O) groups is 1. The lowest BCUT2D eigenvalue weighted by atomic mass is 9.86. The summed E-state index contributed by atoms with van der Waals surface area (Å²) in [6.07, 6.45) is -1.03. The summed E-state index contributed by atoms with van der Waals surface area (Å²) in [5.74, 6) is 1.35. The molecule has 1 aromatic carbocycles. The van der Waals surface area contributed by atoms with Crippen molar-refractivity contribution in [1.82, 2.24) is 14.7 Å². The summed E-state index contributed by atoms with van der Waals surface area (Å²) in [4.78, 5) is 14.8. The van der Waals surface area contributed by atoms with E-state index in [9.17, 15) is 13.6 Å². The minimum Gasteiger partial charge on any atom is -0.481 e. The van der Waals surface area contributed by atoms with Crippen molar-refractivity contribution in [2.75, 3.05) is 18.4 Å². The lowest BCUT2D eigenvalue weighted by molar-refractivity contribution is -0.140. The molecule has 2 aliphatic heterocycles. The zero-order valence-electron chi connectivity index (χ0n) is 18.2. The van der Waals surface area contributed by atoms with Gasteiger partial charge in [-0.2, -0.15) is 5.10 Å². The Hall–Kier alpha value is -2.64. The van der Waals surface area contributed by atoms with Crippen LogP contribution < -0.4 is 10.1 Å². The summed E-state index contributed by atoms with van der Waals surface area (Å²) in [5, 5.41) is 7.64. The molecule has 4 rings (SSSR count). The van der Waals surface area contributed by atoms with E-state index < -0.39 is 18.6 Å². The number of hydrogen-bond donors (Lipinski definition) is 1. The van der Waals surface area contributed by atoms with Gasteiger partial charge in [0, 0.05) is 25.2 Å². The molecule has 0 radical (unpaired) electrons. The molecule has 0 spiro atoms. The molecule has 2 aliphatic rings. The van der Waals surface area contributed by atoms with Crippen LogP contribution in [0.25, 0.3) is 0 Å². The molecule has 2 aromatic rings. The Morgan fingerprint density at radius 3 is 2.71 bits per heavy atom. The first-order chi connectivity index (χ1) is 14.8. The summed E-state index contributed by atoms with van der Waals surface area (Å²) in [7, 11) is 0. The molecule has 1 saturated heterocycles. The van der Waals surface area contributed by atoms with Crippen LogP contribution in [-0.2, 0) is 4.79 Å². The molecule has 0 aliphatic carbocycles. The van der Waals surface area contributed by atoms with E-state index in [0.29, 0.717) is 31.1 Å². The van der Waals surface area contributed by atoms with Crippen LogP contribution in [0.1, 0.15) is 43.5 Å². The lowest BCUT2D eigenvalue weighted by Gasteiger charge is -2.41. The van der Waals surface area contributed by atoms with Crippen LogP contribution in [0.15, 0.2) is 30.3 Å². The van der Waals surface area contributed by atoms with Gasteiger partial charge in [-0.1, -0.05) is 17.7 Å².